The minimum Gasteiger partial charge on any atom is -0.389 e. The van der Waals surface area contributed by atoms with Crippen molar-refractivity contribution in [1.29, 1.82) is 0 Å². The Labute approximate surface area is 122 Å². The first kappa shape index (κ1) is 14.1. The Kier molecular flexibility index (Phi) is 4.27. The molecule has 6 heteroatoms. The number of carbonyl (C=O) groups is 1. The van der Waals surface area contributed by atoms with Crippen LogP contribution in [0, 0.1) is 0 Å². The summed E-state index contributed by atoms with van der Waals surface area (Å²) in [5.41, 5.74) is 7.24. The van der Waals surface area contributed by atoms with E-state index in [1.54, 1.807) is 6.07 Å². The molecule has 1 saturated heterocycles. The minimum absolute atomic E-state index is 0.0302. The van der Waals surface area contributed by atoms with Crippen LogP contribution in [-0.2, 0) is 4.79 Å². The molecule has 0 aromatic heterocycles. The number of carbonyl (C=O) groups excluding carboxylic acids is 1. The molecule has 1 amide bonds. The number of benzene rings is 1. The fourth-order valence-electron chi connectivity index (χ4n) is 2.40. The van der Waals surface area contributed by atoms with Crippen LogP contribution in [0.1, 0.15) is 18.9 Å². The lowest BCUT2D eigenvalue weighted by atomic mass is 10.1. The summed E-state index contributed by atoms with van der Waals surface area (Å²) in [4.78, 5) is 14.2. The zero-order chi connectivity index (χ0) is 14.0. The minimum atomic E-state index is -0.208. The van der Waals surface area contributed by atoms with Crippen LogP contribution in [0.5, 0.6) is 0 Å². The molecule has 102 valence electrons. The molecule has 0 saturated carbocycles. The first-order valence-electron chi connectivity index (χ1n) is 6.19. The fourth-order valence-corrected chi connectivity index (χ4v) is 2.95. The van der Waals surface area contributed by atoms with Crippen LogP contribution in [0.15, 0.2) is 18.2 Å². The number of nitrogens with one attached hydrogen (secondary N) is 1. The molecule has 1 aliphatic rings. The predicted octanol–water partition coefficient (Wildman–Crippen LogP) is 1.69. The van der Waals surface area contributed by atoms with Crippen molar-refractivity contribution in [2.24, 2.45) is 5.73 Å². The number of hydrogen-bond donors (Lipinski definition) is 2. The third kappa shape index (κ3) is 2.67. The van der Waals surface area contributed by atoms with E-state index in [1.165, 1.54) is 0 Å². The molecular weight excluding hydrogens is 282 g/mol. The second-order valence-corrected chi connectivity index (χ2v) is 5.25. The maximum absolute atomic E-state index is 11.9. The molecule has 1 atom stereocenters. The van der Waals surface area contributed by atoms with Gasteiger partial charge in [0.2, 0.25) is 5.91 Å². The van der Waals surface area contributed by atoms with Gasteiger partial charge in [-0.1, -0.05) is 36.8 Å². The molecule has 2 rings (SSSR count). The summed E-state index contributed by atoms with van der Waals surface area (Å²) in [6.07, 6.45) is 0.717. The zero-order valence-corrected chi connectivity index (χ0v) is 12.2. The molecule has 3 N–H and O–H groups in total. The molecule has 0 bridgehead atoms. The van der Waals surface area contributed by atoms with Crippen molar-refractivity contribution in [3.63, 3.8) is 0 Å². The van der Waals surface area contributed by atoms with Crippen LogP contribution < -0.4 is 16.0 Å². The summed E-state index contributed by atoms with van der Waals surface area (Å²) < 4.78 is 0. The van der Waals surface area contributed by atoms with E-state index in [1.807, 2.05) is 24.0 Å². The fraction of sp³-hybridized carbons (Fsp3) is 0.385. The van der Waals surface area contributed by atoms with Gasteiger partial charge in [-0.3, -0.25) is 4.79 Å². The van der Waals surface area contributed by atoms with E-state index in [9.17, 15) is 4.79 Å². The van der Waals surface area contributed by atoms with E-state index >= 15 is 0 Å². The van der Waals surface area contributed by atoms with Crippen LogP contribution in [0.25, 0.3) is 0 Å². The summed E-state index contributed by atoms with van der Waals surface area (Å²) in [6.45, 7) is 3.31. The topological polar surface area (TPSA) is 58.4 Å². The van der Waals surface area contributed by atoms with E-state index in [-0.39, 0.29) is 16.9 Å². The number of amides is 1. The van der Waals surface area contributed by atoms with Gasteiger partial charge >= 0.3 is 0 Å². The maximum atomic E-state index is 11.9. The van der Waals surface area contributed by atoms with E-state index in [0.29, 0.717) is 17.1 Å². The molecule has 1 unspecified atom stereocenters. The summed E-state index contributed by atoms with van der Waals surface area (Å²) >= 11 is 11.3. The lowest BCUT2D eigenvalue weighted by Gasteiger charge is -2.37. The second kappa shape index (κ2) is 5.75. The Hall–Kier alpha value is -1.33. The third-order valence-corrected chi connectivity index (χ3v) is 3.78. The summed E-state index contributed by atoms with van der Waals surface area (Å²) in [6, 6.07) is 5.30. The molecule has 1 aromatic carbocycles. The number of piperazine rings is 1. The lowest BCUT2D eigenvalue weighted by Crippen LogP contribution is -2.55. The molecule has 1 aromatic rings. The molecule has 4 nitrogen and oxygen atoms in total. The van der Waals surface area contributed by atoms with Crippen molar-refractivity contribution in [2.45, 2.75) is 19.4 Å². The number of anilines is 1. The Morgan fingerprint density at radius 1 is 1.63 bits per heavy atom. The van der Waals surface area contributed by atoms with Crippen LogP contribution in [0.3, 0.4) is 0 Å². The molecule has 19 heavy (non-hydrogen) atoms. The average molecular weight is 298 g/mol. The van der Waals surface area contributed by atoms with Crippen LogP contribution in [0.4, 0.5) is 5.69 Å². The summed E-state index contributed by atoms with van der Waals surface area (Å²) in [5, 5.41) is 3.39. The zero-order valence-electron chi connectivity index (χ0n) is 10.6. The van der Waals surface area contributed by atoms with Gasteiger partial charge in [-0.05, 0) is 18.6 Å². The first-order valence-corrected chi connectivity index (χ1v) is 6.97. The van der Waals surface area contributed by atoms with Crippen molar-refractivity contribution in [3.05, 3.63) is 28.8 Å². The Balaban J connectivity index is 2.48. The maximum Gasteiger partial charge on any atom is 0.242 e. The van der Waals surface area contributed by atoms with Gasteiger partial charge in [-0.25, -0.2) is 0 Å². The summed E-state index contributed by atoms with van der Waals surface area (Å²) in [5.74, 6) is 0.0302. The van der Waals surface area contributed by atoms with Gasteiger partial charge in [-0.15, -0.1) is 0 Å². The molecule has 1 aliphatic heterocycles. The molecule has 1 fully saturated rings. The lowest BCUT2D eigenvalue weighted by molar-refractivity contribution is -0.123. The SMILES string of the molecule is CCC1C(=O)NCCN1c1cccc(Cl)c1C(N)=S. The Morgan fingerprint density at radius 3 is 3.00 bits per heavy atom. The van der Waals surface area contributed by atoms with Crippen LogP contribution in [-0.4, -0.2) is 30.0 Å². The predicted molar refractivity (Wildman–Crippen MR) is 81.8 cm³/mol. The largest absolute Gasteiger partial charge is 0.389 e. The number of thiocarbonyl (C=S) groups is 1. The first-order chi connectivity index (χ1) is 9.06. The van der Waals surface area contributed by atoms with Gasteiger partial charge in [-0.2, -0.15) is 0 Å². The van der Waals surface area contributed by atoms with Gasteiger partial charge in [0.25, 0.3) is 0 Å². The molecule has 1 heterocycles. The smallest absolute Gasteiger partial charge is 0.242 e. The number of nitrogens with two attached hydrogens (primary N) is 1. The standard InChI is InChI=1S/C13H16ClN3OS/c1-2-9-13(18)16-6-7-17(9)10-5-3-4-8(14)11(10)12(15)19/h3-5,9H,2,6-7H2,1H3,(H2,15,19)(H,16,18). The van der Waals surface area contributed by atoms with E-state index in [0.717, 1.165) is 18.7 Å². The van der Waals surface area contributed by atoms with E-state index in [4.69, 9.17) is 29.6 Å². The van der Waals surface area contributed by atoms with Gasteiger partial charge in [0.05, 0.1) is 10.6 Å². The average Bonchev–Trinajstić information content (AvgIpc) is 2.37. The normalized spacial score (nSPS) is 19.2. The Bertz CT molecular complexity index is 521. The van der Waals surface area contributed by atoms with Crippen molar-refractivity contribution in [2.75, 3.05) is 18.0 Å². The number of nitrogens with zero attached hydrogens (tertiary/aromatic N) is 1. The highest BCUT2D eigenvalue weighted by molar-refractivity contribution is 7.80. The van der Waals surface area contributed by atoms with Gasteiger partial charge < -0.3 is 16.0 Å². The van der Waals surface area contributed by atoms with Gasteiger partial charge in [0, 0.05) is 18.8 Å². The van der Waals surface area contributed by atoms with E-state index in [2.05, 4.69) is 5.32 Å². The number of hydrogen-bond acceptors (Lipinski definition) is 3. The monoisotopic (exact) mass is 297 g/mol. The number of rotatable bonds is 3. The molecule has 0 aliphatic carbocycles. The molecular formula is C13H16ClN3OS. The second-order valence-electron chi connectivity index (χ2n) is 4.41. The van der Waals surface area contributed by atoms with E-state index < -0.39 is 0 Å². The highest BCUT2D eigenvalue weighted by Gasteiger charge is 2.30. The van der Waals surface area contributed by atoms with Gasteiger partial charge in [0.1, 0.15) is 11.0 Å². The van der Waals surface area contributed by atoms with Crippen LogP contribution in [0.2, 0.25) is 5.02 Å². The van der Waals surface area contributed by atoms with Crippen LogP contribution >= 0.6 is 23.8 Å². The third-order valence-electron chi connectivity index (χ3n) is 3.26. The van der Waals surface area contributed by atoms with Crippen molar-refractivity contribution in [3.8, 4) is 0 Å². The molecule has 0 spiro atoms. The Morgan fingerprint density at radius 2 is 2.37 bits per heavy atom. The highest BCUT2D eigenvalue weighted by atomic mass is 35.5. The van der Waals surface area contributed by atoms with Crippen molar-refractivity contribution < 1.29 is 4.79 Å². The quantitative estimate of drug-likeness (QED) is 0.834. The number of halogens is 1. The van der Waals surface area contributed by atoms with Gasteiger partial charge in [0.15, 0.2) is 0 Å². The molecule has 0 radical (unpaired) electrons. The summed E-state index contributed by atoms with van der Waals surface area (Å²) in [7, 11) is 0. The highest BCUT2D eigenvalue weighted by Crippen LogP contribution is 2.30. The van der Waals surface area contributed by atoms with Crippen molar-refractivity contribution in [1.82, 2.24) is 5.32 Å². The van der Waals surface area contributed by atoms with Crippen molar-refractivity contribution >= 4 is 40.4 Å².